The van der Waals surface area contributed by atoms with Crippen molar-refractivity contribution in [3.05, 3.63) is 29.3 Å². The molecule has 1 aliphatic rings. The molecule has 1 aliphatic carbocycles. The molecule has 5 heteroatoms. The summed E-state index contributed by atoms with van der Waals surface area (Å²) in [5.41, 5.74) is 1.29. The topological polar surface area (TPSA) is 66.4 Å². The van der Waals surface area contributed by atoms with Gasteiger partial charge >= 0.3 is 0 Å². The number of sulfonamides is 1. The number of nitrogens with one attached hydrogen (secondary N) is 1. The fraction of sp³-hybridized carbons (Fsp3) is 0.625. The molecule has 0 amide bonds. The number of benzene rings is 1. The fourth-order valence-corrected chi connectivity index (χ4v) is 4.41. The quantitative estimate of drug-likeness (QED) is 0.849. The van der Waals surface area contributed by atoms with Crippen LogP contribution >= 0.6 is 0 Å². The highest BCUT2D eigenvalue weighted by atomic mass is 32.2. The summed E-state index contributed by atoms with van der Waals surface area (Å²) in [7, 11) is -3.49. The first-order valence-corrected chi connectivity index (χ1v) is 9.22. The second-order valence-corrected chi connectivity index (χ2v) is 7.62. The van der Waals surface area contributed by atoms with E-state index in [1.165, 1.54) is 32.1 Å². The minimum absolute atomic E-state index is 0.142. The van der Waals surface area contributed by atoms with E-state index in [9.17, 15) is 13.5 Å². The number of hydrogen-bond acceptors (Lipinski definition) is 3. The van der Waals surface area contributed by atoms with Gasteiger partial charge in [0.25, 0.3) is 0 Å². The molecule has 0 spiro atoms. The van der Waals surface area contributed by atoms with E-state index in [2.05, 4.69) is 4.72 Å². The second kappa shape index (κ2) is 7.38. The lowest BCUT2D eigenvalue weighted by atomic mass is 9.87. The predicted octanol–water partition coefficient (Wildman–Crippen LogP) is 2.74. The van der Waals surface area contributed by atoms with E-state index < -0.39 is 10.0 Å². The van der Waals surface area contributed by atoms with E-state index in [0.717, 1.165) is 6.42 Å². The van der Waals surface area contributed by atoms with Crippen molar-refractivity contribution in [2.75, 3.05) is 6.54 Å². The highest BCUT2D eigenvalue weighted by molar-refractivity contribution is 7.89. The van der Waals surface area contributed by atoms with Crippen LogP contribution < -0.4 is 4.72 Å². The van der Waals surface area contributed by atoms with Gasteiger partial charge in [0, 0.05) is 6.54 Å². The molecule has 0 aliphatic heterocycles. The Hall–Kier alpha value is -0.910. The van der Waals surface area contributed by atoms with Gasteiger partial charge < -0.3 is 5.11 Å². The average molecular weight is 311 g/mol. The summed E-state index contributed by atoms with van der Waals surface area (Å²) in [4.78, 5) is 0.276. The monoisotopic (exact) mass is 311 g/mol. The van der Waals surface area contributed by atoms with Crippen molar-refractivity contribution in [3.63, 3.8) is 0 Å². The van der Waals surface area contributed by atoms with Crippen LogP contribution in [-0.2, 0) is 16.6 Å². The zero-order valence-electron chi connectivity index (χ0n) is 12.6. The molecule has 0 bridgehead atoms. The van der Waals surface area contributed by atoms with Crippen LogP contribution in [0.1, 0.15) is 49.7 Å². The highest BCUT2D eigenvalue weighted by Crippen LogP contribution is 2.26. The van der Waals surface area contributed by atoms with Gasteiger partial charge in [-0.05, 0) is 36.5 Å². The van der Waals surface area contributed by atoms with Gasteiger partial charge in [0.15, 0.2) is 0 Å². The van der Waals surface area contributed by atoms with Gasteiger partial charge in [-0.1, -0.05) is 44.2 Å². The van der Waals surface area contributed by atoms with E-state index in [-0.39, 0.29) is 11.5 Å². The van der Waals surface area contributed by atoms with E-state index in [0.29, 0.717) is 23.6 Å². The van der Waals surface area contributed by atoms with Crippen molar-refractivity contribution < 1.29 is 13.5 Å². The van der Waals surface area contributed by atoms with Gasteiger partial charge in [-0.2, -0.15) is 0 Å². The van der Waals surface area contributed by atoms with Crippen molar-refractivity contribution in [2.24, 2.45) is 5.92 Å². The summed E-state index contributed by atoms with van der Waals surface area (Å²) >= 11 is 0. The Bertz CT molecular complexity index is 563. The molecule has 0 atom stereocenters. The Labute approximate surface area is 127 Å². The Morgan fingerprint density at radius 3 is 2.62 bits per heavy atom. The molecule has 21 heavy (non-hydrogen) atoms. The van der Waals surface area contributed by atoms with Gasteiger partial charge in [-0.25, -0.2) is 13.1 Å². The van der Waals surface area contributed by atoms with Crippen LogP contribution in [0.2, 0.25) is 0 Å². The molecule has 0 saturated heterocycles. The maximum absolute atomic E-state index is 12.4. The first-order chi connectivity index (χ1) is 10.0. The number of rotatable bonds is 6. The van der Waals surface area contributed by atoms with Gasteiger partial charge in [-0.3, -0.25) is 0 Å². The van der Waals surface area contributed by atoms with Crippen LogP contribution in [0, 0.1) is 12.8 Å². The van der Waals surface area contributed by atoms with Gasteiger partial charge in [0.05, 0.1) is 11.5 Å². The number of aliphatic hydroxyl groups excluding tert-OH is 1. The molecule has 0 heterocycles. The van der Waals surface area contributed by atoms with Crippen LogP contribution in [0.5, 0.6) is 0 Å². The van der Waals surface area contributed by atoms with E-state index in [1.807, 2.05) is 0 Å². The molecule has 1 fully saturated rings. The highest BCUT2D eigenvalue weighted by Gasteiger charge is 2.19. The fourth-order valence-electron chi connectivity index (χ4n) is 3.07. The molecule has 2 N–H and O–H groups in total. The molecule has 0 unspecified atom stereocenters. The average Bonchev–Trinajstić information content (AvgIpc) is 2.48. The standard InChI is InChI=1S/C16H25NO3S/c1-13-15(12-18)8-5-9-16(13)21(19,20)17-11-10-14-6-3-2-4-7-14/h5,8-9,14,17-18H,2-4,6-7,10-12H2,1H3. The Morgan fingerprint density at radius 1 is 1.24 bits per heavy atom. The van der Waals surface area contributed by atoms with Gasteiger partial charge in [0.2, 0.25) is 10.0 Å². The SMILES string of the molecule is Cc1c(CO)cccc1S(=O)(=O)NCCC1CCCCC1. The number of hydrogen-bond donors (Lipinski definition) is 2. The van der Waals surface area contributed by atoms with Crippen LogP contribution in [-0.4, -0.2) is 20.1 Å². The second-order valence-electron chi connectivity index (χ2n) is 5.89. The van der Waals surface area contributed by atoms with Crippen molar-refractivity contribution in [3.8, 4) is 0 Å². The van der Waals surface area contributed by atoms with Crippen LogP contribution in [0.4, 0.5) is 0 Å². The molecule has 0 aromatic heterocycles. The molecule has 1 aromatic carbocycles. The predicted molar refractivity (Wildman–Crippen MR) is 83.5 cm³/mol. The number of aliphatic hydroxyl groups is 1. The molecular formula is C16H25NO3S. The summed E-state index contributed by atoms with van der Waals surface area (Å²) < 4.78 is 27.4. The Morgan fingerprint density at radius 2 is 1.95 bits per heavy atom. The maximum Gasteiger partial charge on any atom is 0.240 e. The maximum atomic E-state index is 12.4. The summed E-state index contributed by atoms with van der Waals surface area (Å²) in [6.07, 6.45) is 7.22. The molecule has 4 nitrogen and oxygen atoms in total. The van der Waals surface area contributed by atoms with Gasteiger partial charge in [-0.15, -0.1) is 0 Å². The Balaban J connectivity index is 1.98. The molecular weight excluding hydrogens is 286 g/mol. The molecule has 0 radical (unpaired) electrons. The first-order valence-electron chi connectivity index (χ1n) is 7.73. The molecule has 2 rings (SSSR count). The first kappa shape index (κ1) is 16.5. The third-order valence-electron chi connectivity index (χ3n) is 4.43. The van der Waals surface area contributed by atoms with Crippen molar-refractivity contribution in [1.82, 2.24) is 4.72 Å². The lowest BCUT2D eigenvalue weighted by Crippen LogP contribution is -2.27. The summed E-state index contributed by atoms with van der Waals surface area (Å²) in [5, 5.41) is 9.24. The molecule has 118 valence electrons. The zero-order chi connectivity index (χ0) is 15.3. The zero-order valence-corrected chi connectivity index (χ0v) is 13.5. The lowest BCUT2D eigenvalue weighted by molar-refractivity contribution is 0.280. The van der Waals surface area contributed by atoms with E-state index in [1.54, 1.807) is 25.1 Å². The third-order valence-corrected chi connectivity index (χ3v) is 6.03. The van der Waals surface area contributed by atoms with Gasteiger partial charge in [0.1, 0.15) is 0 Å². The normalized spacial score (nSPS) is 17.0. The van der Waals surface area contributed by atoms with E-state index >= 15 is 0 Å². The largest absolute Gasteiger partial charge is 0.392 e. The Kier molecular flexibility index (Phi) is 5.79. The van der Waals surface area contributed by atoms with Crippen LogP contribution in [0.25, 0.3) is 0 Å². The summed E-state index contributed by atoms with van der Waals surface area (Å²) in [6.45, 7) is 2.09. The van der Waals surface area contributed by atoms with Crippen molar-refractivity contribution in [1.29, 1.82) is 0 Å². The minimum atomic E-state index is -3.49. The summed E-state index contributed by atoms with van der Waals surface area (Å²) in [6, 6.07) is 5.02. The van der Waals surface area contributed by atoms with E-state index in [4.69, 9.17) is 0 Å². The lowest BCUT2D eigenvalue weighted by Gasteiger charge is -2.21. The van der Waals surface area contributed by atoms with Crippen LogP contribution in [0.3, 0.4) is 0 Å². The van der Waals surface area contributed by atoms with Crippen molar-refractivity contribution >= 4 is 10.0 Å². The minimum Gasteiger partial charge on any atom is -0.392 e. The summed E-state index contributed by atoms with van der Waals surface area (Å²) in [5.74, 6) is 0.659. The molecule has 1 aromatic rings. The van der Waals surface area contributed by atoms with Crippen LogP contribution in [0.15, 0.2) is 23.1 Å². The molecule has 1 saturated carbocycles. The smallest absolute Gasteiger partial charge is 0.240 e. The third kappa shape index (κ3) is 4.28. The van der Waals surface area contributed by atoms with Crippen molar-refractivity contribution in [2.45, 2.75) is 57.0 Å².